The van der Waals surface area contributed by atoms with E-state index in [1.54, 1.807) is 17.0 Å². The summed E-state index contributed by atoms with van der Waals surface area (Å²) in [7, 11) is 0. The van der Waals surface area contributed by atoms with E-state index in [4.69, 9.17) is 5.73 Å². The van der Waals surface area contributed by atoms with Crippen LogP contribution in [0.5, 0.6) is 0 Å². The Morgan fingerprint density at radius 2 is 1.84 bits per heavy atom. The number of nitrogens with zero attached hydrogens (tertiary/aromatic N) is 2. The average molecular weight is 605 g/mol. The number of benzene rings is 2. The van der Waals surface area contributed by atoms with Crippen LogP contribution in [-0.2, 0) is 11.2 Å². The van der Waals surface area contributed by atoms with Gasteiger partial charge in [-0.1, -0.05) is 12.1 Å². The Bertz CT molecular complexity index is 1570. The van der Waals surface area contributed by atoms with Crippen LogP contribution >= 0.6 is 0 Å². The van der Waals surface area contributed by atoms with Gasteiger partial charge in [-0.15, -0.1) is 0 Å². The molecule has 1 aromatic heterocycles. The molecule has 3 heterocycles. The van der Waals surface area contributed by atoms with Crippen molar-refractivity contribution >= 4 is 11.8 Å². The fourth-order valence-electron chi connectivity index (χ4n) is 5.36. The molecule has 0 saturated carbocycles. The third-order valence-electron chi connectivity index (χ3n) is 7.28. The van der Waals surface area contributed by atoms with E-state index in [2.05, 4.69) is 21.2 Å². The predicted molar refractivity (Wildman–Crippen MR) is 143 cm³/mol. The Hall–Kier alpha value is -4.43. The molecule has 14 heteroatoms. The Balaban J connectivity index is 1.43. The second-order valence-electron chi connectivity index (χ2n) is 10.3. The monoisotopic (exact) mass is 604 g/mol. The van der Waals surface area contributed by atoms with E-state index in [-0.39, 0.29) is 48.3 Å². The molecule has 2 amide bonds. The molecule has 2 atom stereocenters. The van der Waals surface area contributed by atoms with Crippen molar-refractivity contribution in [2.24, 2.45) is 5.73 Å². The summed E-state index contributed by atoms with van der Waals surface area (Å²) < 4.78 is 82.7. The highest BCUT2D eigenvalue weighted by molar-refractivity contribution is 5.94. The van der Waals surface area contributed by atoms with Crippen LogP contribution in [0.2, 0.25) is 0 Å². The number of hydrogen-bond acceptors (Lipinski definition) is 6. The Morgan fingerprint density at radius 3 is 2.53 bits per heavy atom. The van der Waals surface area contributed by atoms with Crippen molar-refractivity contribution in [3.8, 4) is 11.1 Å². The normalized spacial score (nSPS) is 17.8. The van der Waals surface area contributed by atoms with Crippen LogP contribution in [0, 0.1) is 17.5 Å². The zero-order chi connectivity index (χ0) is 30.9. The number of aromatic nitrogens is 1. The van der Waals surface area contributed by atoms with E-state index in [0.717, 1.165) is 18.2 Å². The highest BCUT2D eigenvalue weighted by atomic mass is 19.4. The van der Waals surface area contributed by atoms with Gasteiger partial charge >= 0.3 is 6.18 Å². The number of rotatable bonds is 8. The van der Waals surface area contributed by atoms with Gasteiger partial charge in [0, 0.05) is 43.0 Å². The van der Waals surface area contributed by atoms with E-state index in [1.807, 2.05) is 0 Å². The lowest BCUT2D eigenvalue weighted by molar-refractivity contribution is -0.147. The molecule has 0 aliphatic carbocycles. The summed E-state index contributed by atoms with van der Waals surface area (Å²) >= 11 is 0. The van der Waals surface area contributed by atoms with Crippen molar-refractivity contribution in [2.45, 2.75) is 31.1 Å². The molecule has 0 bridgehead atoms. The van der Waals surface area contributed by atoms with Crippen LogP contribution in [0.4, 0.5) is 26.3 Å². The third kappa shape index (κ3) is 6.81. The fraction of sp³-hybridized carbons (Fsp3) is 0.276. The summed E-state index contributed by atoms with van der Waals surface area (Å²) in [6.45, 7) is -0.0570. The van der Waals surface area contributed by atoms with Crippen LogP contribution < -0.4 is 21.9 Å². The van der Waals surface area contributed by atoms with Gasteiger partial charge in [-0.05, 0) is 53.5 Å². The third-order valence-corrected chi connectivity index (χ3v) is 7.28. The SMILES string of the molecule is NC(=O)c1cc(-c2cccnc2[C@H](Cc2cc(F)cc(F)c2)NC(=O)CN2CCC3=C(C2)C(C(F)(F)F)NN3)ccc1F. The van der Waals surface area contributed by atoms with Crippen molar-refractivity contribution in [1.82, 2.24) is 26.1 Å². The largest absolute Gasteiger partial charge is 0.409 e. The molecule has 1 unspecified atom stereocenters. The topological polar surface area (TPSA) is 112 Å². The van der Waals surface area contributed by atoms with Gasteiger partial charge in [-0.2, -0.15) is 13.2 Å². The first-order valence-electron chi connectivity index (χ1n) is 13.2. The van der Waals surface area contributed by atoms with Crippen LogP contribution in [-0.4, -0.2) is 53.6 Å². The summed E-state index contributed by atoms with van der Waals surface area (Å²) in [4.78, 5) is 31.1. The summed E-state index contributed by atoms with van der Waals surface area (Å²) in [5, 5.41) is 2.80. The molecule has 3 aromatic rings. The summed E-state index contributed by atoms with van der Waals surface area (Å²) in [5.41, 5.74) is 11.5. The summed E-state index contributed by atoms with van der Waals surface area (Å²) in [5.74, 6) is -4.06. The number of alkyl halides is 3. The van der Waals surface area contributed by atoms with Crippen molar-refractivity contribution in [1.29, 1.82) is 0 Å². The molecule has 0 radical (unpaired) electrons. The predicted octanol–water partition coefficient (Wildman–Crippen LogP) is 3.66. The van der Waals surface area contributed by atoms with Crippen molar-refractivity contribution in [2.75, 3.05) is 19.6 Å². The van der Waals surface area contributed by atoms with Gasteiger partial charge in [-0.25, -0.2) is 18.6 Å². The number of primary amides is 1. The Labute approximate surface area is 241 Å². The lowest BCUT2D eigenvalue weighted by atomic mass is 9.94. The molecule has 5 rings (SSSR count). The van der Waals surface area contributed by atoms with Crippen molar-refractivity contribution in [3.63, 3.8) is 0 Å². The molecule has 2 aromatic carbocycles. The second-order valence-corrected chi connectivity index (χ2v) is 10.3. The number of nitrogens with two attached hydrogens (primary N) is 1. The number of nitrogens with one attached hydrogen (secondary N) is 3. The van der Waals surface area contributed by atoms with E-state index in [0.29, 0.717) is 29.4 Å². The minimum Gasteiger partial charge on any atom is -0.366 e. The molecule has 0 fully saturated rings. The maximum atomic E-state index is 14.2. The molecule has 0 spiro atoms. The minimum atomic E-state index is -4.52. The molecule has 2 aliphatic rings. The smallest absolute Gasteiger partial charge is 0.366 e. The number of amides is 2. The van der Waals surface area contributed by atoms with E-state index in [9.17, 15) is 35.9 Å². The first-order valence-corrected chi connectivity index (χ1v) is 13.2. The van der Waals surface area contributed by atoms with E-state index in [1.165, 1.54) is 18.3 Å². The van der Waals surface area contributed by atoms with Crippen LogP contribution in [0.25, 0.3) is 11.1 Å². The molecule has 0 saturated heterocycles. The first-order chi connectivity index (χ1) is 20.4. The fourth-order valence-corrected chi connectivity index (χ4v) is 5.36. The van der Waals surface area contributed by atoms with Gasteiger partial charge in [0.1, 0.15) is 23.5 Å². The van der Waals surface area contributed by atoms with Crippen molar-refractivity contribution < 1.29 is 35.9 Å². The molecule has 226 valence electrons. The van der Waals surface area contributed by atoms with Gasteiger partial charge in [0.05, 0.1) is 23.8 Å². The minimum absolute atomic E-state index is 0.104. The lowest BCUT2D eigenvalue weighted by Crippen LogP contribution is -2.46. The van der Waals surface area contributed by atoms with Gasteiger partial charge < -0.3 is 16.5 Å². The Kier molecular flexibility index (Phi) is 8.42. The summed E-state index contributed by atoms with van der Waals surface area (Å²) in [6.07, 6.45) is -2.94. The number of carbonyl (C=O) groups excluding carboxylic acids is 2. The average Bonchev–Trinajstić information content (AvgIpc) is 3.36. The Morgan fingerprint density at radius 1 is 1.09 bits per heavy atom. The number of hydrazine groups is 1. The number of carbonyl (C=O) groups is 2. The molecular weight excluding hydrogens is 578 g/mol. The molecule has 5 N–H and O–H groups in total. The molecule has 2 aliphatic heterocycles. The zero-order valence-electron chi connectivity index (χ0n) is 22.4. The second kappa shape index (κ2) is 12.1. The van der Waals surface area contributed by atoms with Gasteiger partial charge in [0.2, 0.25) is 5.91 Å². The number of pyridine rings is 1. The van der Waals surface area contributed by atoms with Gasteiger partial charge in [-0.3, -0.25) is 19.5 Å². The van der Waals surface area contributed by atoms with Crippen LogP contribution in [0.1, 0.15) is 34.1 Å². The van der Waals surface area contributed by atoms with E-state index >= 15 is 0 Å². The highest BCUT2D eigenvalue weighted by Crippen LogP contribution is 2.33. The van der Waals surface area contributed by atoms with Crippen LogP contribution in [0.15, 0.2) is 66.0 Å². The lowest BCUT2D eigenvalue weighted by Gasteiger charge is -2.30. The van der Waals surface area contributed by atoms with Gasteiger partial charge in [0.15, 0.2) is 0 Å². The molecule has 43 heavy (non-hydrogen) atoms. The molecular formula is C29H26F6N6O2. The zero-order valence-corrected chi connectivity index (χ0v) is 22.4. The standard InChI is InChI=1S/C29H26F6N6O2/c30-17-8-15(9-18(31)12-17)10-24(26-19(2-1-6-37-26)16-3-4-22(32)20(11-16)28(36)43)38-25(42)14-41-7-5-23-21(13-41)27(40-39-23)29(33,34)35/h1-4,6,8-9,11-12,24,27,39-40H,5,7,10,13-14H2,(H2,36,43)(H,38,42)/t24-,27?/m0/s1. The molecule has 8 nitrogen and oxygen atoms in total. The number of hydrogen-bond donors (Lipinski definition) is 4. The maximum absolute atomic E-state index is 14.2. The summed E-state index contributed by atoms with van der Waals surface area (Å²) in [6, 6.07) is 6.92. The first kappa shape index (κ1) is 30.0. The van der Waals surface area contributed by atoms with Gasteiger partial charge in [0.25, 0.3) is 5.91 Å². The quantitative estimate of drug-likeness (QED) is 0.292. The number of halogens is 6. The highest BCUT2D eigenvalue weighted by Gasteiger charge is 2.47. The van der Waals surface area contributed by atoms with Crippen molar-refractivity contribution in [3.05, 3.63) is 100 Å². The van der Waals surface area contributed by atoms with E-state index < -0.39 is 47.5 Å². The van der Waals surface area contributed by atoms with Crippen LogP contribution in [0.3, 0.4) is 0 Å². The maximum Gasteiger partial charge on any atom is 0.409 e.